The smallest absolute Gasteiger partial charge is 0.191 e. The number of nitrogens with zero attached hydrogens (tertiary/aromatic N) is 2. The van der Waals surface area contributed by atoms with Crippen LogP contribution in [0.2, 0.25) is 0 Å². The monoisotopic (exact) mass is 462 g/mol. The van der Waals surface area contributed by atoms with E-state index in [2.05, 4.69) is 54.4 Å². The van der Waals surface area contributed by atoms with E-state index in [0.717, 1.165) is 43.3 Å². The van der Waals surface area contributed by atoms with E-state index in [1.807, 2.05) is 18.2 Å². The SMILES string of the molecule is CCNC(=NCc1cccc(OC)c1)NCCCCN(C)C(C)C.I. The van der Waals surface area contributed by atoms with E-state index >= 15 is 0 Å². The molecule has 0 aliphatic carbocycles. The zero-order valence-corrected chi connectivity index (χ0v) is 18.7. The summed E-state index contributed by atoms with van der Waals surface area (Å²) < 4.78 is 5.25. The predicted molar refractivity (Wildman–Crippen MR) is 118 cm³/mol. The second kappa shape index (κ2) is 14.2. The normalized spacial score (nSPS) is 11.4. The Balaban J connectivity index is 0.00000576. The van der Waals surface area contributed by atoms with Gasteiger partial charge < -0.3 is 20.3 Å². The molecule has 6 heteroatoms. The quantitative estimate of drug-likeness (QED) is 0.242. The average molecular weight is 462 g/mol. The van der Waals surface area contributed by atoms with Crippen LogP contribution in [0.3, 0.4) is 0 Å². The topological polar surface area (TPSA) is 48.9 Å². The van der Waals surface area contributed by atoms with Gasteiger partial charge in [0.25, 0.3) is 0 Å². The molecular weight excluding hydrogens is 427 g/mol. The molecule has 0 aliphatic heterocycles. The Morgan fingerprint density at radius 1 is 1.24 bits per heavy atom. The first-order chi connectivity index (χ1) is 11.6. The predicted octanol–water partition coefficient (Wildman–Crippen LogP) is 3.49. The van der Waals surface area contributed by atoms with Gasteiger partial charge in [0, 0.05) is 19.1 Å². The first-order valence-corrected chi connectivity index (χ1v) is 8.92. The van der Waals surface area contributed by atoms with E-state index in [1.54, 1.807) is 7.11 Å². The van der Waals surface area contributed by atoms with Crippen molar-refractivity contribution >= 4 is 29.9 Å². The lowest BCUT2D eigenvalue weighted by molar-refractivity contribution is 0.268. The molecule has 1 aromatic rings. The minimum absolute atomic E-state index is 0. The highest BCUT2D eigenvalue weighted by Gasteiger charge is 2.02. The minimum Gasteiger partial charge on any atom is -0.497 e. The van der Waals surface area contributed by atoms with Crippen molar-refractivity contribution in [3.63, 3.8) is 0 Å². The minimum atomic E-state index is 0. The first kappa shape index (κ1) is 24.0. The van der Waals surface area contributed by atoms with Gasteiger partial charge in [-0.1, -0.05) is 12.1 Å². The Hall–Kier alpha value is -1.02. The number of hydrogen-bond donors (Lipinski definition) is 2. The number of ether oxygens (including phenoxy) is 1. The number of methoxy groups -OCH3 is 1. The summed E-state index contributed by atoms with van der Waals surface area (Å²) in [5, 5.41) is 6.71. The number of halogens is 1. The molecule has 0 spiro atoms. The van der Waals surface area contributed by atoms with Gasteiger partial charge in [0.05, 0.1) is 13.7 Å². The number of unbranched alkanes of at least 4 members (excludes halogenated alkanes) is 1. The Morgan fingerprint density at radius 3 is 2.64 bits per heavy atom. The van der Waals surface area contributed by atoms with Crippen molar-refractivity contribution in [3.05, 3.63) is 29.8 Å². The molecule has 0 radical (unpaired) electrons. The molecule has 144 valence electrons. The van der Waals surface area contributed by atoms with Crippen molar-refractivity contribution in [1.82, 2.24) is 15.5 Å². The summed E-state index contributed by atoms with van der Waals surface area (Å²) >= 11 is 0. The fourth-order valence-corrected chi connectivity index (χ4v) is 2.23. The van der Waals surface area contributed by atoms with Crippen LogP contribution in [0.1, 0.15) is 39.2 Å². The van der Waals surface area contributed by atoms with Crippen molar-refractivity contribution in [3.8, 4) is 5.75 Å². The number of aliphatic imine (C=N–C) groups is 1. The lowest BCUT2D eigenvalue weighted by Crippen LogP contribution is -2.38. The third kappa shape index (κ3) is 10.5. The Labute approximate surface area is 170 Å². The molecule has 0 saturated heterocycles. The van der Waals surface area contributed by atoms with E-state index in [-0.39, 0.29) is 24.0 Å². The molecule has 0 unspecified atom stereocenters. The van der Waals surface area contributed by atoms with Crippen LogP contribution in [0.5, 0.6) is 5.75 Å². The van der Waals surface area contributed by atoms with E-state index in [0.29, 0.717) is 12.6 Å². The van der Waals surface area contributed by atoms with Gasteiger partial charge in [-0.25, -0.2) is 4.99 Å². The summed E-state index contributed by atoms with van der Waals surface area (Å²) in [5.41, 5.74) is 1.14. The summed E-state index contributed by atoms with van der Waals surface area (Å²) in [7, 11) is 3.86. The molecule has 1 rings (SSSR count). The molecule has 2 N–H and O–H groups in total. The van der Waals surface area contributed by atoms with Crippen LogP contribution in [0.4, 0.5) is 0 Å². The van der Waals surface area contributed by atoms with Gasteiger partial charge in [-0.2, -0.15) is 0 Å². The molecule has 0 aromatic heterocycles. The molecule has 1 aromatic carbocycles. The van der Waals surface area contributed by atoms with Crippen molar-refractivity contribution < 1.29 is 4.74 Å². The molecule has 25 heavy (non-hydrogen) atoms. The molecule has 0 saturated carbocycles. The third-order valence-corrected chi connectivity index (χ3v) is 4.01. The third-order valence-electron chi connectivity index (χ3n) is 4.01. The lowest BCUT2D eigenvalue weighted by atomic mass is 10.2. The fraction of sp³-hybridized carbons (Fsp3) is 0.632. The van der Waals surface area contributed by atoms with Crippen LogP contribution in [0.15, 0.2) is 29.3 Å². The van der Waals surface area contributed by atoms with Gasteiger partial charge in [0.2, 0.25) is 0 Å². The summed E-state index contributed by atoms with van der Waals surface area (Å²) in [6, 6.07) is 8.64. The van der Waals surface area contributed by atoms with Gasteiger partial charge in [0.15, 0.2) is 5.96 Å². The number of benzene rings is 1. The molecule has 5 nitrogen and oxygen atoms in total. The lowest BCUT2D eigenvalue weighted by Gasteiger charge is -2.20. The molecule has 0 amide bonds. The highest BCUT2D eigenvalue weighted by atomic mass is 127. The molecule has 0 atom stereocenters. The van der Waals surface area contributed by atoms with Crippen molar-refractivity contribution in [2.24, 2.45) is 4.99 Å². The van der Waals surface area contributed by atoms with E-state index in [1.165, 1.54) is 6.42 Å². The maximum Gasteiger partial charge on any atom is 0.191 e. The Morgan fingerprint density at radius 2 is 2.00 bits per heavy atom. The highest BCUT2D eigenvalue weighted by molar-refractivity contribution is 14.0. The zero-order valence-electron chi connectivity index (χ0n) is 16.3. The van der Waals surface area contributed by atoms with Crippen LogP contribution < -0.4 is 15.4 Å². The molecule has 0 fully saturated rings. The van der Waals surface area contributed by atoms with E-state index in [9.17, 15) is 0 Å². The van der Waals surface area contributed by atoms with E-state index < -0.39 is 0 Å². The van der Waals surface area contributed by atoms with Crippen LogP contribution in [-0.4, -0.2) is 50.7 Å². The number of guanidine groups is 1. The van der Waals surface area contributed by atoms with Crippen molar-refractivity contribution in [1.29, 1.82) is 0 Å². The molecule has 0 bridgehead atoms. The number of nitrogens with one attached hydrogen (secondary N) is 2. The molecular formula is C19H35IN4O. The largest absolute Gasteiger partial charge is 0.497 e. The highest BCUT2D eigenvalue weighted by Crippen LogP contribution is 2.13. The second-order valence-corrected chi connectivity index (χ2v) is 6.25. The number of hydrogen-bond acceptors (Lipinski definition) is 3. The fourth-order valence-electron chi connectivity index (χ4n) is 2.23. The van der Waals surface area contributed by atoms with Gasteiger partial charge >= 0.3 is 0 Å². The first-order valence-electron chi connectivity index (χ1n) is 8.92. The standard InChI is InChI=1S/C19H34N4O.HI/c1-6-20-19(21-12-7-8-13-23(4)16(2)3)22-15-17-10-9-11-18(14-17)24-5;/h9-11,14,16H,6-8,12-13,15H2,1-5H3,(H2,20,21,22);1H. The van der Waals surface area contributed by atoms with Gasteiger partial charge in [0.1, 0.15) is 5.75 Å². The Kier molecular flexibility index (Phi) is 13.6. The Bertz CT molecular complexity index is 494. The second-order valence-electron chi connectivity index (χ2n) is 6.25. The average Bonchev–Trinajstić information content (AvgIpc) is 2.59. The molecule has 0 heterocycles. The van der Waals surface area contributed by atoms with Gasteiger partial charge in [-0.05, 0) is 64.9 Å². The summed E-state index contributed by atoms with van der Waals surface area (Å²) in [5.74, 6) is 1.74. The van der Waals surface area contributed by atoms with Crippen LogP contribution in [0.25, 0.3) is 0 Å². The summed E-state index contributed by atoms with van der Waals surface area (Å²) in [6.07, 6.45) is 2.33. The van der Waals surface area contributed by atoms with Crippen molar-refractivity contribution in [2.45, 2.75) is 46.2 Å². The zero-order chi connectivity index (χ0) is 17.8. The van der Waals surface area contributed by atoms with Crippen LogP contribution >= 0.6 is 24.0 Å². The molecule has 0 aliphatic rings. The van der Waals surface area contributed by atoms with Crippen LogP contribution in [0, 0.1) is 0 Å². The van der Waals surface area contributed by atoms with Gasteiger partial charge in [-0.15, -0.1) is 24.0 Å². The van der Waals surface area contributed by atoms with Gasteiger partial charge in [-0.3, -0.25) is 0 Å². The van der Waals surface area contributed by atoms with E-state index in [4.69, 9.17) is 4.74 Å². The maximum absolute atomic E-state index is 5.25. The summed E-state index contributed by atoms with van der Waals surface area (Å²) in [6.45, 7) is 10.1. The van der Waals surface area contributed by atoms with Crippen molar-refractivity contribution in [2.75, 3.05) is 33.8 Å². The number of rotatable bonds is 10. The maximum atomic E-state index is 5.25. The summed E-state index contributed by atoms with van der Waals surface area (Å²) in [4.78, 5) is 7.03. The van der Waals surface area contributed by atoms with Crippen LogP contribution in [-0.2, 0) is 6.54 Å².